The molecule has 0 aliphatic rings. The maximum absolute atomic E-state index is 6.17. The first-order valence-electron chi connectivity index (χ1n) is 6.24. The lowest BCUT2D eigenvalue weighted by atomic mass is 10.0. The highest BCUT2D eigenvalue weighted by Crippen LogP contribution is 2.34. The fourth-order valence-corrected chi connectivity index (χ4v) is 3.23. The standard InChI is InChI=1S/C14H19BrCl2/c1-2-3-4-5-6-7-13(15)12-9-8-11(16)10-14(12)17/h8-10,13H,2-7H2,1H3. The monoisotopic (exact) mass is 336 g/mol. The van der Waals surface area contributed by atoms with E-state index < -0.39 is 0 Å². The summed E-state index contributed by atoms with van der Waals surface area (Å²) < 4.78 is 0. The fraction of sp³-hybridized carbons (Fsp3) is 0.571. The normalized spacial score (nSPS) is 12.7. The average molecular weight is 338 g/mol. The van der Waals surface area contributed by atoms with E-state index in [9.17, 15) is 0 Å². The number of rotatable bonds is 7. The van der Waals surface area contributed by atoms with Crippen LogP contribution in [-0.4, -0.2) is 0 Å². The van der Waals surface area contributed by atoms with Crippen LogP contribution in [0.5, 0.6) is 0 Å². The number of unbranched alkanes of at least 4 members (excludes halogenated alkanes) is 4. The number of benzene rings is 1. The van der Waals surface area contributed by atoms with E-state index in [1.165, 1.54) is 32.1 Å². The average Bonchev–Trinajstić information content (AvgIpc) is 2.28. The van der Waals surface area contributed by atoms with Crippen LogP contribution in [-0.2, 0) is 0 Å². The zero-order chi connectivity index (χ0) is 12.7. The Morgan fingerprint density at radius 1 is 1.12 bits per heavy atom. The molecule has 0 fully saturated rings. The molecule has 0 N–H and O–H groups in total. The van der Waals surface area contributed by atoms with Crippen molar-refractivity contribution in [3.8, 4) is 0 Å². The minimum atomic E-state index is 0.342. The number of hydrogen-bond acceptors (Lipinski definition) is 0. The van der Waals surface area contributed by atoms with Crippen LogP contribution in [0.25, 0.3) is 0 Å². The van der Waals surface area contributed by atoms with Gasteiger partial charge in [-0.3, -0.25) is 0 Å². The van der Waals surface area contributed by atoms with E-state index in [0.717, 1.165) is 17.0 Å². The van der Waals surface area contributed by atoms with Crippen LogP contribution < -0.4 is 0 Å². The highest BCUT2D eigenvalue weighted by atomic mass is 79.9. The van der Waals surface area contributed by atoms with E-state index in [-0.39, 0.29) is 0 Å². The van der Waals surface area contributed by atoms with Crippen molar-refractivity contribution in [1.82, 2.24) is 0 Å². The van der Waals surface area contributed by atoms with Gasteiger partial charge in [0.05, 0.1) is 0 Å². The van der Waals surface area contributed by atoms with E-state index in [0.29, 0.717) is 9.85 Å². The van der Waals surface area contributed by atoms with Crippen LogP contribution in [0.3, 0.4) is 0 Å². The van der Waals surface area contributed by atoms with Gasteiger partial charge >= 0.3 is 0 Å². The second-order valence-electron chi connectivity index (χ2n) is 4.34. The third-order valence-electron chi connectivity index (χ3n) is 2.86. The fourth-order valence-electron chi connectivity index (χ4n) is 1.84. The summed E-state index contributed by atoms with van der Waals surface area (Å²) in [5, 5.41) is 1.45. The third kappa shape index (κ3) is 5.63. The third-order valence-corrected chi connectivity index (χ3v) is 4.37. The molecule has 0 aliphatic heterocycles. The van der Waals surface area contributed by atoms with Gasteiger partial charge in [-0.15, -0.1) is 0 Å². The van der Waals surface area contributed by atoms with Crippen molar-refractivity contribution >= 4 is 39.1 Å². The number of alkyl halides is 1. The molecule has 0 aliphatic carbocycles. The quantitative estimate of drug-likeness (QED) is 0.379. The second kappa shape index (κ2) is 8.39. The van der Waals surface area contributed by atoms with Gasteiger partial charge in [-0.1, -0.05) is 84.2 Å². The van der Waals surface area contributed by atoms with Gasteiger partial charge < -0.3 is 0 Å². The number of hydrogen-bond donors (Lipinski definition) is 0. The number of halogens is 3. The SMILES string of the molecule is CCCCCCCC(Br)c1ccc(Cl)cc1Cl. The van der Waals surface area contributed by atoms with Crippen LogP contribution in [0.2, 0.25) is 10.0 Å². The topological polar surface area (TPSA) is 0 Å². The predicted molar refractivity (Wildman–Crippen MR) is 81.5 cm³/mol. The largest absolute Gasteiger partial charge is 0.0843 e. The Hall–Kier alpha value is 0.280. The summed E-state index contributed by atoms with van der Waals surface area (Å²) >= 11 is 15.8. The van der Waals surface area contributed by atoms with Crippen molar-refractivity contribution in [3.05, 3.63) is 33.8 Å². The highest BCUT2D eigenvalue weighted by molar-refractivity contribution is 9.09. The van der Waals surface area contributed by atoms with Crippen molar-refractivity contribution in [1.29, 1.82) is 0 Å². The van der Waals surface area contributed by atoms with E-state index >= 15 is 0 Å². The summed E-state index contributed by atoms with van der Waals surface area (Å²) in [4.78, 5) is 0.342. The first kappa shape index (κ1) is 15.3. The van der Waals surface area contributed by atoms with E-state index in [4.69, 9.17) is 23.2 Å². The van der Waals surface area contributed by atoms with E-state index in [2.05, 4.69) is 22.9 Å². The predicted octanol–water partition coefficient (Wildman–Crippen LogP) is 6.79. The molecule has 1 atom stereocenters. The van der Waals surface area contributed by atoms with Gasteiger partial charge in [0.1, 0.15) is 0 Å². The lowest BCUT2D eigenvalue weighted by molar-refractivity contribution is 0.606. The highest BCUT2D eigenvalue weighted by Gasteiger charge is 2.11. The first-order chi connectivity index (χ1) is 8.15. The first-order valence-corrected chi connectivity index (χ1v) is 7.91. The molecule has 3 heteroatoms. The van der Waals surface area contributed by atoms with Gasteiger partial charge in [-0.05, 0) is 24.1 Å². The smallest absolute Gasteiger partial charge is 0.0464 e. The van der Waals surface area contributed by atoms with Crippen LogP contribution in [0.15, 0.2) is 18.2 Å². The summed E-state index contributed by atoms with van der Waals surface area (Å²) in [5.41, 5.74) is 1.14. The Balaban J connectivity index is 2.38. The minimum absolute atomic E-state index is 0.342. The van der Waals surface area contributed by atoms with Gasteiger partial charge in [-0.2, -0.15) is 0 Å². The van der Waals surface area contributed by atoms with Gasteiger partial charge in [-0.25, -0.2) is 0 Å². The van der Waals surface area contributed by atoms with Crippen molar-refractivity contribution < 1.29 is 0 Å². The molecule has 0 saturated carbocycles. The lowest BCUT2D eigenvalue weighted by Crippen LogP contribution is -1.92. The van der Waals surface area contributed by atoms with Crippen molar-refractivity contribution in [2.45, 2.75) is 50.3 Å². The summed E-state index contributed by atoms with van der Waals surface area (Å²) in [7, 11) is 0. The molecule has 0 radical (unpaired) electrons. The van der Waals surface area contributed by atoms with Crippen molar-refractivity contribution in [2.24, 2.45) is 0 Å². The molecule has 0 spiro atoms. The van der Waals surface area contributed by atoms with Gasteiger partial charge in [0.2, 0.25) is 0 Å². The molecule has 0 aromatic heterocycles. The van der Waals surface area contributed by atoms with Crippen molar-refractivity contribution in [2.75, 3.05) is 0 Å². The Morgan fingerprint density at radius 3 is 2.47 bits per heavy atom. The molecule has 1 aromatic rings. The lowest BCUT2D eigenvalue weighted by Gasteiger charge is -2.12. The molecule has 0 saturated heterocycles. The van der Waals surface area contributed by atoms with Gasteiger partial charge in [0.15, 0.2) is 0 Å². The van der Waals surface area contributed by atoms with Crippen LogP contribution in [0.4, 0.5) is 0 Å². The van der Waals surface area contributed by atoms with Crippen LogP contribution in [0.1, 0.15) is 55.8 Å². The maximum Gasteiger partial charge on any atom is 0.0464 e. The molecule has 1 aromatic carbocycles. The van der Waals surface area contributed by atoms with Crippen LogP contribution >= 0.6 is 39.1 Å². The molecular formula is C14H19BrCl2. The molecular weight excluding hydrogens is 319 g/mol. The Bertz CT molecular complexity index is 339. The zero-order valence-corrected chi connectivity index (χ0v) is 13.3. The molecule has 1 rings (SSSR count). The Labute approximate surface area is 123 Å². The van der Waals surface area contributed by atoms with E-state index in [1.807, 2.05) is 18.2 Å². The van der Waals surface area contributed by atoms with Gasteiger partial charge in [0, 0.05) is 14.9 Å². The maximum atomic E-state index is 6.17. The zero-order valence-electron chi connectivity index (χ0n) is 10.2. The Morgan fingerprint density at radius 2 is 1.82 bits per heavy atom. The molecule has 0 heterocycles. The molecule has 1 unspecified atom stereocenters. The summed E-state index contributed by atoms with van der Waals surface area (Å²) in [5.74, 6) is 0. The second-order valence-corrected chi connectivity index (χ2v) is 6.29. The summed E-state index contributed by atoms with van der Waals surface area (Å²) in [6.07, 6.45) is 7.65. The van der Waals surface area contributed by atoms with E-state index in [1.54, 1.807) is 0 Å². The summed E-state index contributed by atoms with van der Waals surface area (Å²) in [6, 6.07) is 5.72. The van der Waals surface area contributed by atoms with Gasteiger partial charge in [0.25, 0.3) is 0 Å². The Kier molecular flexibility index (Phi) is 7.57. The van der Waals surface area contributed by atoms with Crippen LogP contribution in [0, 0.1) is 0 Å². The minimum Gasteiger partial charge on any atom is -0.0843 e. The molecule has 0 nitrogen and oxygen atoms in total. The summed E-state index contributed by atoms with van der Waals surface area (Å²) in [6.45, 7) is 2.24. The molecule has 17 heavy (non-hydrogen) atoms. The molecule has 0 amide bonds. The van der Waals surface area contributed by atoms with Crippen molar-refractivity contribution in [3.63, 3.8) is 0 Å². The molecule has 0 bridgehead atoms. The molecule has 96 valence electrons.